The van der Waals surface area contributed by atoms with Crippen molar-refractivity contribution in [1.82, 2.24) is 4.90 Å². The van der Waals surface area contributed by atoms with E-state index in [0.29, 0.717) is 25.0 Å². The second-order valence-corrected chi connectivity index (χ2v) is 11.3. The Kier molecular flexibility index (Phi) is 8.27. The smallest absolute Gasteiger partial charge is 0.410 e. The van der Waals surface area contributed by atoms with Gasteiger partial charge in [0.05, 0.1) is 31.5 Å². The fourth-order valence-electron chi connectivity index (χ4n) is 6.69. The molecular weight excluding hydrogens is 486 g/mol. The Bertz CT molecular complexity index is 1180. The maximum atomic E-state index is 13.5. The lowest BCUT2D eigenvalue weighted by molar-refractivity contribution is -0.0544. The van der Waals surface area contributed by atoms with E-state index in [9.17, 15) is 4.79 Å². The maximum absolute atomic E-state index is 13.5. The molecule has 1 aliphatic heterocycles. The molecule has 5 nitrogen and oxygen atoms in total. The van der Waals surface area contributed by atoms with E-state index >= 15 is 0 Å². The van der Waals surface area contributed by atoms with Crippen molar-refractivity contribution in [1.29, 1.82) is 0 Å². The molecule has 2 aliphatic carbocycles. The Hall–Kier alpha value is -3.15. The summed E-state index contributed by atoms with van der Waals surface area (Å²) in [5, 5.41) is 0. The number of nitrogens with zero attached hydrogens (tertiary/aromatic N) is 1. The zero-order valence-corrected chi connectivity index (χ0v) is 22.6. The van der Waals surface area contributed by atoms with Gasteiger partial charge in [0.25, 0.3) is 0 Å². The van der Waals surface area contributed by atoms with Crippen LogP contribution in [0, 0.1) is 5.92 Å². The number of carbonyl (C=O) groups is 1. The highest BCUT2D eigenvalue weighted by Crippen LogP contribution is 2.46. The van der Waals surface area contributed by atoms with Crippen molar-refractivity contribution in [2.75, 3.05) is 6.61 Å². The summed E-state index contributed by atoms with van der Waals surface area (Å²) in [6.45, 7) is 1.31. The van der Waals surface area contributed by atoms with Gasteiger partial charge in [-0.15, -0.1) is 0 Å². The minimum atomic E-state index is -0.249. The van der Waals surface area contributed by atoms with E-state index in [-0.39, 0.29) is 37.0 Å². The number of hydrogen-bond donors (Lipinski definition) is 0. The van der Waals surface area contributed by atoms with Crippen molar-refractivity contribution in [2.24, 2.45) is 5.92 Å². The first-order valence-electron chi connectivity index (χ1n) is 14.6. The Morgan fingerprint density at radius 2 is 1.31 bits per heavy atom. The summed E-state index contributed by atoms with van der Waals surface area (Å²) in [5.74, 6) is 0.945. The fraction of sp³-hybridized carbons (Fsp3) is 0.441. The summed E-state index contributed by atoms with van der Waals surface area (Å²) in [6.07, 6.45) is 6.37. The standard InChI is InChI=1S/C34H39NO4/c36-34(39-23-26-12-6-2-7-13-26)35-31-21-20-30(31)33(38-22-25-10-4-1-5-11-25)32(35)24-37-29-18-16-28(17-19-29)27-14-8-3-9-15-27/h1-15,28-33H,16-24H2/t28?,29?,30-,31+,32-,33?/m0/s1. The highest BCUT2D eigenvalue weighted by Gasteiger charge is 2.56. The molecule has 3 aromatic rings. The molecule has 0 radical (unpaired) electrons. The molecule has 5 heteroatoms. The first-order valence-corrected chi connectivity index (χ1v) is 14.6. The van der Waals surface area contributed by atoms with Crippen LogP contribution in [0.2, 0.25) is 0 Å². The van der Waals surface area contributed by atoms with Gasteiger partial charge in [0.15, 0.2) is 0 Å². The van der Waals surface area contributed by atoms with Gasteiger partial charge in [0, 0.05) is 12.0 Å². The average molecular weight is 526 g/mol. The molecule has 3 aliphatic rings. The maximum Gasteiger partial charge on any atom is 0.410 e. The van der Waals surface area contributed by atoms with Crippen LogP contribution in [0.25, 0.3) is 0 Å². The second-order valence-electron chi connectivity index (χ2n) is 11.3. The molecule has 3 fully saturated rings. The summed E-state index contributed by atoms with van der Waals surface area (Å²) < 4.78 is 19.0. The van der Waals surface area contributed by atoms with Gasteiger partial charge >= 0.3 is 6.09 Å². The average Bonchev–Trinajstić information content (AvgIpc) is 3.20. The molecule has 0 N–H and O–H groups in total. The monoisotopic (exact) mass is 525 g/mol. The number of hydrogen-bond acceptors (Lipinski definition) is 4. The van der Waals surface area contributed by atoms with Crippen molar-refractivity contribution in [3.8, 4) is 0 Å². The van der Waals surface area contributed by atoms with E-state index in [2.05, 4.69) is 42.5 Å². The van der Waals surface area contributed by atoms with Crippen LogP contribution in [0.15, 0.2) is 91.0 Å². The quantitative estimate of drug-likeness (QED) is 0.299. The summed E-state index contributed by atoms with van der Waals surface area (Å²) in [4.78, 5) is 15.4. The predicted molar refractivity (Wildman–Crippen MR) is 151 cm³/mol. The van der Waals surface area contributed by atoms with E-state index < -0.39 is 0 Å². The van der Waals surface area contributed by atoms with Crippen molar-refractivity contribution in [3.05, 3.63) is 108 Å². The van der Waals surface area contributed by atoms with Gasteiger partial charge in [-0.25, -0.2) is 4.79 Å². The fourth-order valence-corrected chi connectivity index (χ4v) is 6.69. The first kappa shape index (κ1) is 26.1. The Balaban J connectivity index is 1.11. The minimum absolute atomic E-state index is 0.0473. The molecule has 3 aromatic carbocycles. The summed E-state index contributed by atoms with van der Waals surface area (Å²) in [6, 6.07) is 31.0. The van der Waals surface area contributed by atoms with Crippen LogP contribution in [-0.2, 0) is 27.4 Å². The number of benzene rings is 3. The van der Waals surface area contributed by atoms with Crippen LogP contribution in [-0.4, -0.2) is 41.9 Å². The number of carbonyl (C=O) groups excluding carboxylic acids is 1. The molecule has 0 aromatic heterocycles. The highest BCUT2D eigenvalue weighted by atomic mass is 16.6. The Labute approximate surface area is 232 Å². The summed E-state index contributed by atoms with van der Waals surface area (Å²) in [7, 11) is 0. The van der Waals surface area contributed by atoms with E-state index in [0.717, 1.165) is 49.7 Å². The first-order chi connectivity index (χ1) is 19.3. The number of amides is 1. The van der Waals surface area contributed by atoms with Gasteiger partial charge in [-0.2, -0.15) is 0 Å². The molecule has 2 saturated carbocycles. The van der Waals surface area contributed by atoms with Crippen LogP contribution < -0.4 is 0 Å². The molecule has 204 valence electrons. The normalized spacial score (nSPS) is 27.9. The number of likely N-dealkylation sites (tertiary alicyclic amines) is 1. The topological polar surface area (TPSA) is 48.0 Å². The van der Waals surface area contributed by atoms with E-state index in [1.165, 1.54) is 5.56 Å². The lowest BCUT2D eigenvalue weighted by Crippen LogP contribution is -2.48. The van der Waals surface area contributed by atoms with E-state index in [1.54, 1.807) is 0 Å². The molecule has 1 heterocycles. The van der Waals surface area contributed by atoms with Gasteiger partial charge in [-0.05, 0) is 61.1 Å². The van der Waals surface area contributed by atoms with Gasteiger partial charge in [-0.1, -0.05) is 91.0 Å². The lowest BCUT2D eigenvalue weighted by Gasteiger charge is -2.36. The van der Waals surface area contributed by atoms with Crippen molar-refractivity contribution >= 4 is 6.09 Å². The molecule has 6 rings (SSSR count). The molecule has 1 amide bonds. The van der Waals surface area contributed by atoms with Crippen LogP contribution in [0.3, 0.4) is 0 Å². The van der Waals surface area contributed by atoms with E-state index in [1.807, 2.05) is 53.4 Å². The molecule has 1 unspecified atom stereocenters. The van der Waals surface area contributed by atoms with Crippen LogP contribution >= 0.6 is 0 Å². The second kappa shape index (κ2) is 12.4. The zero-order valence-electron chi connectivity index (χ0n) is 22.6. The van der Waals surface area contributed by atoms with Crippen molar-refractivity contribution in [2.45, 2.75) is 81.9 Å². The molecule has 0 bridgehead atoms. The largest absolute Gasteiger partial charge is 0.445 e. The van der Waals surface area contributed by atoms with Crippen molar-refractivity contribution < 1.29 is 19.0 Å². The third kappa shape index (κ3) is 6.05. The molecule has 1 saturated heterocycles. The molecule has 39 heavy (non-hydrogen) atoms. The third-order valence-corrected chi connectivity index (χ3v) is 8.95. The summed E-state index contributed by atoms with van der Waals surface area (Å²) >= 11 is 0. The van der Waals surface area contributed by atoms with Crippen LogP contribution in [0.4, 0.5) is 4.79 Å². The van der Waals surface area contributed by atoms with Gasteiger partial charge in [0.2, 0.25) is 0 Å². The van der Waals surface area contributed by atoms with Crippen molar-refractivity contribution in [3.63, 3.8) is 0 Å². The molecule has 0 spiro atoms. The van der Waals surface area contributed by atoms with E-state index in [4.69, 9.17) is 14.2 Å². The number of fused-ring (bicyclic) bond motifs is 1. The Morgan fingerprint density at radius 3 is 1.92 bits per heavy atom. The summed E-state index contributed by atoms with van der Waals surface area (Å²) in [5.41, 5.74) is 3.58. The van der Waals surface area contributed by atoms with Crippen LogP contribution in [0.5, 0.6) is 0 Å². The van der Waals surface area contributed by atoms with Crippen LogP contribution in [0.1, 0.15) is 61.1 Å². The molecule has 4 atom stereocenters. The third-order valence-electron chi connectivity index (χ3n) is 8.95. The van der Waals surface area contributed by atoms with Gasteiger partial charge < -0.3 is 14.2 Å². The zero-order chi connectivity index (χ0) is 26.4. The highest BCUT2D eigenvalue weighted by molar-refractivity contribution is 5.69. The SMILES string of the molecule is O=C(OCc1ccccc1)N1[C@@H]2CC[C@@H]2C(OCc2ccccc2)[C@@H]1COC1CCC(c2ccccc2)CC1. The Morgan fingerprint density at radius 1 is 0.692 bits per heavy atom. The molecular formula is C34H39NO4. The van der Waals surface area contributed by atoms with Gasteiger partial charge in [0.1, 0.15) is 6.61 Å². The van der Waals surface area contributed by atoms with Gasteiger partial charge in [-0.3, -0.25) is 4.90 Å². The minimum Gasteiger partial charge on any atom is -0.445 e. The number of rotatable bonds is 9. The predicted octanol–water partition coefficient (Wildman–Crippen LogP) is 7.11. The lowest BCUT2D eigenvalue weighted by atomic mass is 9.78. The number of ether oxygens (including phenoxy) is 3.